The molecule has 0 saturated carbocycles. The first-order valence-corrected chi connectivity index (χ1v) is 7.53. The van der Waals surface area contributed by atoms with Crippen molar-refractivity contribution in [2.75, 3.05) is 0 Å². The van der Waals surface area contributed by atoms with Gasteiger partial charge in [-0.3, -0.25) is 0 Å². The maximum absolute atomic E-state index is 12.9. The van der Waals surface area contributed by atoms with Gasteiger partial charge in [0.05, 0.1) is 0 Å². The Kier molecular flexibility index (Phi) is 3.88. The number of fused-ring (bicyclic) bond motifs is 1. The average Bonchev–Trinajstić information content (AvgIpc) is 2.85. The minimum Gasteiger partial charge on any atom is -0.489 e. The van der Waals surface area contributed by atoms with Crippen molar-refractivity contribution in [1.82, 2.24) is 4.57 Å². The van der Waals surface area contributed by atoms with Gasteiger partial charge < -0.3 is 9.30 Å². The van der Waals surface area contributed by atoms with E-state index in [1.807, 2.05) is 0 Å². The van der Waals surface area contributed by atoms with Crippen LogP contribution >= 0.6 is 0 Å². The molecule has 0 aliphatic heterocycles. The number of rotatable bonds is 4. The van der Waals surface area contributed by atoms with Crippen LogP contribution < -0.4 is 4.74 Å². The molecule has 0 saturated heterocycles. The summed E-state index contributed by atoms with van der Waals surface area (Å²) >= 11 is 0. The maximum Gasteiger partial charge on any atom is 0.123 e. The minimum atomic E-state index is -0.251. The van der Waals surface area contributed by atoms with E-state index in [0.717, 1.165) is 5.56 Å². The summed E-state index contributed by atoms with van der Waals surface area (Å²) in [6, 6.07) is 13.0. The lowest BCUT2D eigenvalue weighted by Gasteiger charge is -2.08. The first-order chi connectivity index (χ1) is 10.5. The largest absolute Gasteiger partial charge is 0.489 e. The molecule has 0 spiro atoms. The van der Waals surface area contributed by atoms with Gasteiger partial charge in [0.1, 0.15) is 18.2 Å². The second kappa shape index (κ2) is 5.84. The third kappa shape index (κ3) is 2.84. The highest BCUT2D eigenvalue weighted by Crippen LogP contribution is 2.27. The molecule has 0 bridgehead atoms. The first-order valence-electron chi connectivity index (χ1n) is 7.53. The lowest BCUT2D eigenvalue weighted by atomic mass is 10.1. The van der Waals surface area contributed by atoms with Crippen LogP contribution in [0.5, 0.6) is 5.75 Å². The van der Waals surface area contributed by atoms with Gasteiger partial charge in [-0.25, -0.2) is 4.39 Å². The van der Waals surface area contributed by atoms with E-state index in [0.29, 0.717) is 18.4 Å². The highest BCUT2D eigenvalue weighted by atomic mass is 19.1. The van der Waals surface area contributed by atoms with Crippen molar-refractivity contribution >= 4 is 10.9 Å². The summed E-state index contributed by atoms with van der Waals surface area (Å²) < 4.78 is 21.0. The van der Waals surface area contributed by atoms with Crippen molar-refractivity contribution in [3.05, 3.63) is 65.6 Å². The predicted molar refractivity (Wildman–Crippen MR) is 87.8 cm³/mol. The smallest absolute Gasteiger partial charge is 0.123 e. The topological polar surface area (TPSA) is 14.2 Å². The second-order valence-corrected chi connectivity index (χ2v) is 5.92. The minimum absolute atomic E-state index is 0.251. The number of hydrogen-bond donors (Lipinski definition) is 0. The second-order valence-electron chi connectivity index (χ2n) is 5.92. The quantitative estimate of drug-likeness (QED) is 0.641. The van der Waals surface area contributed by atoms with Crippen molar-refractivity contribution in [2.24, 2.45) is 0 Å². The summed E-state index contributed by atoms with van der Waals surface area (Å²) in [5.41, 5.74) is 3.60. The van der Waals surface area contributed by atoms with Crippen LogP contribution in [0.3, 0.4) is 0 Å². The molecular weight excluding hydrogens is 277 g/mol. The lowest BCUT2D eigenvalue weighted by Crippen LogP contribution is -1.98. The van der Waals surface area contributed by atoms with E-state index >= 15 is 0 Å². The highest BCUT2D eigenvalue weighted by Gasteiger charge is 2.11. The molecular formula is C19H20FNO. The normalized spacial score (nSPS) is 11.3. The third-order valence-corrected chi connectivity index (χ3v) is 3.84. The molecule has 0 amide bonds. The molecule has 0 atom stereocenters. The number of hydrogen-bond acceptors (Lipinski definition) is 1. The van der Waals surface area contributed by atoms with Crippen LogP contribution in [0.1, 0.15) is 31.0 Å². The molecule has 3 heteroatoms. The number of nitrogens with zero attached hydrogens (tertiary/aromatic N) is 1. The van der Waals surface area contributed by atoms with Crippen LogP contribution in [0.25, 0.3) is 10.9 Å². The number of halogens is 1. The van der Waals surface area contributed by atoms with E-state index in [2.05, 4.69) is 49.7 Å². The van der Waals surface area contributed by atoms with Crippen LogP contribution in [-0.4, -0.2) is 4.57 Å². The lowest BCUT2D eigenvalue weighted by molar-refractivity contribution is 0.306. The first kappa shape index (κ1) is 14.6. The molecule has 2 nitrogen and oxygen atoms in total. The Morgan fingerprint density at radius 3 is 2.50 bits per heavy atom. The van der Waals surface area contributed by atoms with Crippen molar-refractivity contribution in [3.8, 4) is 5.75 Å². The Morgan fingerprint density at radius 2 is 1.82 bits per heavy atom. The van der Waals surface area contributed by atoms with E-state index in [1.165, 1.54) is 28.6 Å². The SMILES string of the molecule is Cc1ccc2c(c1)c(COc1ccc(F)cc1)cn2C(C)C. The van der Waals surface area contributed by atoms with Crippen molar-refractivity contribution in [3.63, 3.8) is 0 Å². The van der Waals surface area contributed by atoms with E-state index in [1.54, 1.807) is 12.1 Å². The Hall–Kier alpha value is -2.29. The fraction of sp³-hybridized carbons (Fsp3) is 0.263. The van der Waals surface area contributed by atoms with E-state index in [4.69, 9.17) is 4.74 Å². The van der Waals surface area contributed by atoms with Gasteiger partial charge in [0.15, 0.2) is 0 Å². The standard InChI is InChI=1S/C19H20FNO/c1-13(2)21-11-15(18-10-14(3)4-9-19(18)21)12-22-17-7-5-16(20)6-8-17/h4-11,13H,12H2,1-3H3. The fourth-order valence-corrected chi connectivity index (χ4v) is 2.67. The molecule has 0 N–H and O–H groups in total. The zero-order chi connectivity index (χ0) is 15.7. The number of benzene rings is 2. The predicted octanol–water partition coefficient (Wildman–Crippen LogP) is 5.25. The molecule has 2 aromatic carbocycles. The average molecular weight is 297 g/mol. The summed E-state index contributed by atoms with van der Waals surface area (Å²) in [6.07, 6.45) is 2.15. The van der Waals surface area contributed by atoms with Crippen LogP contribution in [0.15, 0.2) is 48.7 Å². The van der Waals surface area contributed by atoms with Crippen molar-refractivity contribution in [2.45, 2.75) is 33.4 Å². The van der Waals surface area contributed by atoms with Gasteiger partial charge in [0.2, 0.25) is 0 Å². The molecule has 1 aromatic heterocycles. The Labute approximate surface area is 130 Å². The molecule has 1 heterocycles. The molecule has 0 fully saturated rings. The van der Waals surface area contributed by atoms with Crippen LogP contribution in [0.4, 0.5) is 4.39 Å². The van der Waals surface area contributed by atoms with Crippen molar-refractivity contribution in [1.29, 1.82) is 0 Å². The number of aromatic nitrogens is 1. The molecule has 3 rings (SSSR count). The van der Waals surface area contributed by atoms with Crippen molar-refractivity contribution < 1.29 is 9.13 Å². The Bertz CT molecular complexity index is 787. The van der Waals surface area contributed by atoms with Gasteiger partial charge in [-0.15, -0.1) is 0 Å². The summed E-state index contributed by atoms with van der Waals surface area (Å²) in [4.78, 5) is 0. The number of aryl methyl sites for hydroxylation is 1. The third-order valence-electron chi connectivity index (χ3n) is 3.84. The van der Waals surface area contributed by atoms with Crippen LogP contribution in [-0.2, 0) is 6.61 Å². The zero-order valence-electron chi connectivity index (χ0n) is 13.1. The van der Waals surface area contributed by atoms with Gasteiger partial charge >= 0.3 is 0 Å². The monoisotopic (exact) mass is 297 g/mol. The van der Waals surface area contributed by atoms with Gasteiger partial charge in [-0.2, -0.15) is 0 Å². The molecule has 0 radical (unpaired) electrons. The molecule has 0 unspecified atom stereocenters. The highest BCUT2D eigenvalue weighted by molar-refractivity contribution is 5.84. The summed E-state index contributed by atoms with van der Waals surface area (Å²) in [7, 11) is 0. The Balaban J connectivity index is 1.92. The molecule has 22 heavy (non-hydrogen) atoms. The van der Waals surface area contributed by atoms with Crippen LogP contribution in [0, 0.1) is 12.7 Å². The van der Waals surface area contributed by atoms with Gasteiger partial charge in [0.25, 0.3) is 0 Å². The van der Waals surface area contributed by atoms with E-state index in [9.17, 15) is 4.39 Å². The van der Waals surface area contributed by atoms with Gasteiger partial charge in [-0.05, 0) is 57.2 Å². The van der Waals surface area contributed by atoms with Crippen LogP contribution in [0.2, 0.25) is 0 Å². The molecule has 0 aliphatic carbocycles. The zero-order valence-corrected chi connectivity index (χ0v) is 13.1. The Morgan fingerprint density at radius 1 is 1.09 bits per heavy atom. The summed E-state index contributed by atoms with van der Waals surface area (Å²) in [5, 5.41) is 1.22. The number of ether oxygens (including phenoxy) is 1. The molecule has 114 valence electrons. The van der Waals surface area contributed by atoms with Gasteiger partial charge in [0, 0.05) is 28.7 Å². The van der Waals surface area contributed by atoms with E-state index in [-0.39, 0.29) is 5.82 Å². The molecule has 0 aliphatic rings. The molecule has 3 aromatic rings. The summed E-state index contributed by atoms with van der Waals surface area (Å²) in [6.45, 7) is 6.91. The van der Waals surface area contributed by atoms with Gasteiger partial charge in [-0.1, -0.05) is 11.6 Å². The van der Waals surface area contributed by atoms with E-state index < -0.39 is 0 Å². The fourth-order valence-electron chi connectivity index (χ4n) is 2.67. The maximum atomic E-state index is 12.9. The summed E-state index contributed by atoms with van der Waals surface area (Å²) in [5.74, 6) is 0.430.